The predicted molar refractivity (Wildman–Crippen MR) is 160 cm³/mol. The summed E-state index contributed by atoms with van der Waals surface area (Å²) in [4.78, 5) is 34.1. The molecule has 6 heteroatoms. The van der Waals surface area contributed by atoms with Crippen LogP contribution in [-0.2, 0) is 0 Å². The number of amides is 2. The van der Waals surface area contributed by atoms with Gasteiger partial charge in [0.1, 0.15) is 11.4 Å². The number of aromatic nitrogens is 2. The van der Waals surface area contributed by atoms with Gasteiger partial charge in [0.15, 0.2) is 0 Å². The van der Waals surface area contributed by atoms with Gasteiger partial charge < -0.3 is 10.6 Å². The first-order valence-electron chi connectivity index (χ1n) is 15.9. The van der Waals surface area contributed by atoms with Gasteiger partial charge in [-0.3, -0.25) is 9.59 Å². The summed E-state index contributed by atoms with van der Waals surface area (Å²) in [5.74, 6) is -0.405. The van der Waals surface area contributed by atoms with E-state index in [2.05, 4.69) is 34.4 Å². The highest BCUT2D eigenvalue weighted by molar-refractivity contribution is 5.96. The van der Waals surface area contributed by atoms with Gasteiger partial charge in [0.25, 0.3) is 11.8 Å². The van der Waals surface area contributed by atoms with Crippen molar-refractivity contribution in [2.45, 2.75) is 156 Å². The van der Waals surface area contributed by atoms with Crippen molar-refractivity contribution in [3.05, 3.63) is 22.8 Å². The molecule has 1 rings (SSSR count). The summed E-state index contributed by atoms with van der Waals surface area (Å²) in [6.07, 6.45) is 25.4. The van der Waals surface area contributed by atoms with E-state index in [0.717, 1.165) is 25.7 Å². The number of unbranched alkanes of at least 4 members (excludes halogenated alkanes) is 18. The normalized spacial score (nSPS) is 11.1. The molecule has 0 saturated carbocycles. The lowest BCUT2D eigenvalue weighted by Gasteiger charge is -2.11. The highest BCUT2D eigenvalue weighted by Gasteiger charge is 2.18. The Bertz CT molecular complexity index is 702. The number of carbonyl (C=O) groups excluding carboxylic acids is 2. The number of aryl methyl sites for hydroxylation is 2. The molecule has 6 nitrogen and oxygen atoms in total. The van der Waals surface area contributed by atoms with Crippen molar-refractivity contribution in [3.8, 4) is 0 Å². The largest absolute Gasteiger partial charge is 0.351 e. The molecule has 1 heterocycles. The maximum Gasteiger partial charge on any atom is 0.271 e. The first-order chi connectivity index (χ1) is 18.5. The van der Waals surface area contributed by atoms with E-state index in [1.165, 1.54) is 103 Å². The van der Waals surface area contributed by atoms with Gasteiger partial charge in [0.05, 0.1) is 11.4 Å². The number of nitrogens with zero attached hydrogens (tertiary/aromatic N) is 2. The van der Waals surface area contributed by atoms with E-state index in [1.807, 2.05) is 0 Å². The molecule has 0 aliphatic carbocycles. The van der Waals surface area contributed by atoms with Crippen LogP contribution in [0.5, 0.6) is 0 Å². The Hall–Kier alpha value is -1.98. The van der Waals surface area contributed by atoms with Crippen LogP contribution in [0.15, 0.2) is 0 Å². The monoisotopic (exact) mass is 530 g/mol. The molecular weight excluding hydrogens is 472 g/mol. The van der Waals surface area contributed by atoms with Crippen molar-refractivity contribution < 1.29 is 9.59 Å². The number of carbonyl (C=O) groups is 2. The van der Waals surface area contributed by atoms with Crippen molar-refractivity contribution in [2.75, 3.05) is 13.1 Å². The number of hydrogen-bond donors (Lipinski definition) is 2. The van der Waals surface area contributed by atoms with Crippen LogP contribution in [0.2, 0.25) is 0 Å². The highest BCUT2D eigenvalue weighted by Crippen LogP contribution is 2.12. The van der Waals surface area contributed by atoms with Crippen LogP contribution >= 0.6 is 0 Å². The fourth-order valence-electron chi connectivity index (χ4n) is 4.83. The van der Waals surface area contributed by atoms with Crippen molar-refractivity contribution >= 4 is 11.8 Å². The molecule has 38 heavy (non-hydrogen) atoms. The molecule has 0 aromatic carbocycles. The minimum atomic E-state index is -0.202. The zero-order valence-corrected chi connectivity index (χ0v) is 25.3. The second kappa shape index (κ2) is 23.0. The maximum absolute atomic E-state index is 12.6. The molecule has 0 bridgehead atoms. The topological polar surface area (TPSA) is 84.0 Å². The Labute approximate surface area is 234 Å². The lowest BCUT2D eigenvalue weighted by atomic mass is 10.1. The fourth-order valence-corrected chi connectivity index (χ4v) is 4.83. The maximum atomic E-state index is 12.6. The SMILES string of the molecule is CCCCCCCCCCCCNC(=O)c1nc(C)c(C(=O)NCCCCCCCCCCCC)nc1C. The van der Waals surface area contributed by atoms with Gasteiger partial charge in [-0.25, -0.2) is 9.97 Å². The van der Waals surface area contributed by atoms with Crippen LogP contribution in [0.25, 0.3) is 0 Å². The molecule has 218 valence electrons. The number of rotatable bonds is 24. The second-order valence-corrected chi connectivity index (χ2v) is 11.0. The van der Waals surface area contributed by atoms with Crippen molar-refractivity contribution in [2.24, 2.45) is 0 Å². The Balaban J connectivity index is 2.22. The van der Waals surface area contributed by atoms with Gasteiger partial charge in [0.2, 0.25) is 0 Å². The summed E-state index contributed by atoms with van der Waals surface area (Å²) in [7, 11) is 0. The minimum Gasteiger partial charge on any atom is -0.351 e. The third kappa shape index (κ3) is 16.1. The Morgan fingerprint density at radius 3 is 1.03 bits per heavy atom. The molecule has 2 amide bonds. The van der Waals surface area contributed by atoms with Gasteiger partial charge in [-0.15, -0.1) is 0 Å². The van der Waals surface area contributed by atoms with Crippen LogP contribution in [0, 0.1) is 13.8 Å². The lowest BCUT2D eigenvalue weighted by molar-refractivity contribution is 0.0931. The molecular formula is C32H58N4O2. The molecule has 1 aromatic heterocycles. The molecule has 2 N–H and O–H groups in total. The molecule has 0 radical (unpaired) electrons. The highest BCUT2D eigenvalue weighted by atomic mass is 16.2. The van der Waals surface area contributed by atoms with Gasteiger partial charge in [0, 0.05) is 13.1 Å². The third-order valence-electron chi connectivity index (χ3n) is 7.31. The van der Waals surface area contributed by atoms with E-state index >= 15 is 0 Å². The minimum absolute atomic E-state index is 0.202. The quantitative estimate of drug-likeness (QED) is 0.131. The number of nitrogens with one attached hydrogen (secondary N) is 2. The summed E-state index contributed by atoms with van der Waals surface area (Å²) in [5.41, 5.74) is 1.64. The molecule has 1 aromatic rings. The van der Waals surface area contributed by atoms with Gasteiger partial charge >= 0.3 is 0 Å². The van der Waals surface area contributed by atoms with Crippen molar-refractivity contribution in [3.63, 3.8) is 0 Å². The van der Waals surface area contributed by atoms with E-state index in [0.29, 0.717) is 35.9 Å². The summed E-state index contributed by atoms with van der Waals surface area (Å²) < 4.78 is 0. The van der Waals surface area contributed by atoms with Crippen molar-refractivity contribution in [1.29, 1.82) is 0 Å². The second-order valence-electron chi connectivity index (χ2n) is 11.0. The first kappa shape index (κ1) is 34.0. The molecule has 0 fully saturated rings. The van der Waals surface area contributed by atoms with Gasteiger partial charge in [-0.2, -0.15) is 0 Å². The van der Waals surface area contributed by atoms with E-state index in [9.17, 15) is 9.59 Å². The standard InChI is InChI=1S/C32H58N4O2/c1-5-7-9-11-13-15-17-19-21-23-25-33-31(37)29-27(3)36-30(28(4)35-29)32(38)34-26-24-22-20-18-16-14-12-10-8-6-2/h5-26H2,1-4H3,(H,33,37)(H,34,38). The fraction of sp³-hybridized carbons (Fsp3) is 0.812. The van der Waals surface area contributed by atoms with Crippen LogP contribution in [0.4, 0.5) is 0 Å². The molecule has 0 aliphatic rings. The van der Waals surface area contributed by atoms with E-state index < -0.39 is 0 Å². The van der Waals surface area contributed by atoms with Gasteiger partial charge in [-0.05, 0) is 26.7 Å². The summed E-state index contributed by atoms with van der Waals surface area (Å²) in [5, 5.41) is 5.95. The molecule has 0 atom stereocenters. The summed E-state index contributed by atoms with van der Waals surface area (Å²) in [6.45, 7) is 9.31. The first-order valence-corrected chi connectivity index (χ1v) is 15.9. The van der Waals surface area contributed by atoms with Crippen LogP contribution in [0.3, 0.4) is 0 Å². The zero-order valence-electron chi connectivity index (χ0n) is 25.3. The summed E-state index contributed by atoms with van der Waals surface area (Å²) >= 11 is 0. The zero-order chi connectivity index (χ0) is 27.8. The van der Waals surface area contributed by atoms with Gasteiger partial charge in [-0.1, -0.05) is 129 Å². The predicted octanol–water partition coefficient (Wildman–Crippen LogP) is 8.39. The molecule has 0 unspecified atom stereocenters. The molecule has 0 spiro atoms. The van der Waals surface area contributed by atoms with E-state index in [1.54, 1.807) is 13.8 Å². The average Bonchev–Trinajstić information content (AvgIpc) is 2.91. The number of hydrogen-bond acceptors (Lipinski definition) is 4. The van der Waals surface area contributed by atoms with Crippen molar-refractivity contribution in [1.82, 2.24) is 20.6 Å². The molecule has 0 saturated heterocycles. The van der Waals surface area contributed by atoms with Crippen LogP contribution < -0.4 is 10.6 Å². The Morgan fingerprint density at radius 2 is 0.737 bits per heavy atom. The molecule has 0 aliphatic heterocycles. The lowest BCUT2D eigenvalue weighted by Crippen LogP contribution is -2.30. The van der Waals surface area contributed by atoms with Crippen LogP contribution in [-0.4, -0.2) is 34.9 Å². The average molecular weight is 531 g/mol. The summed E-state index contributed by atoms with van der Waals surface area (Å²) in [6, 6.07) is 0. The smallest absolute Gasteiger partial charge is 0.271 e. The van der Waals surface area contributed by atoms with E-state index in [4.69, 9.17) is 0 Å². The van der Waals surface area contributed by atoms with E-state index in [-0.39, 0.29) is 11.8 Å². The Kier molecular flexibility index (Phi) is 20.6. The Morgan fingerprint density at radius 1 is 0.474 bits per heavy atom. The van der Waals surface area contributed by atoms with Crippen LogP contribution in [0.1, 0.15) is 175 Å². The third-order valence-corrected chi connectivity index (χ3v) is 7.31.